The number of benzene rings is 1. The predicted molar refractivity (Wildman–Crippen MR) is 77.4 cm³/mol. The number of hydrogen-bond donors (Lipinski definition) is 2. The maximum atomic E-state index is 5.48. The highest BCUT2D eigenvalue weighted by atomic mass is 16.3. The quantitative estimate of drug-likeness (QED) is 0.875. The van der Waals surface area contributed by atoms with E-state index in [4.69, 9.17) is 4.42 Å². The molecule has 2 N–H and O–H groups in total. The molecule has 0 aliphatic carbocycles. The predicted octanol–water partition coefficient (Wildman–Crippen LogP) is 3.92. The summed E-state index contributed by atoms with van der Waals surface area (Å²) in [5, 5.41) is 7.04. The summed E-state index contributed by atoms with van der Waals surface area (Å²) in [5.41, 5.74) is 5.49. The number of aryl methyl sites for hydroxylation is 2. The highest BCUT2D eigenvalue weighted by molar-refractivity contribution is 5.82. The molecule has 0 spiro atoms. The topological polar surface area (TPSA) is 50.1 Å². The van der Waals surface area contributed by atoms with Gasteiger partial charge in [0.15, 0.2) is 0 Å². The zero-order valence-corrected chi connectivity index (χ0v) is 11.6. The van der Waals surface area contributed by atoms with Gasteiger partial charge in [-0.05, 0) is 38.0 Å². The van der Waals surface area contributed by atoms with Gasteiger partial charge in [0, 0.05) is 5.56 Å². The number of rotatable bonds is 3. The molecule has 1 aliphatic rings. The SMILES string of the molecule is CCCC1Nc2cc(-c3nc(C)co3)cc(C)c2N1. The van der Waals surface area contributed by atoms with Crippen molar-refractivity contribution in [1.82, 2.24) is 4.98 Å². The number of hydrogen-bond acceptors (Lipinski definition) is 4. The van der Waals surface area contributed by atoms with E-state index in [0.29, 0.717) is 12.1 Å². The Morgan fingerprint density at radius 1 is 1.26 bits per heavy atom. The van der Waals surface area contributed by atoms with E-state index >= 15 is 0 Å². The summed E-state index contributed by atoms with van der Waals surface area (Å²) >= 11 is 0. The number of oxazole rings is 1. The Morgan fingerprint density at radius 2 is 2.11 bits per heavy atom. The van der Waals surface area contributed by atoms with E-state index in [1.807, 2.05) is 6.92 Å². The first-order valence-electron chi connectivity index (χ1n) is 6.77. The van der Waals surface area contributed by atoms with Crippen molar-refractivity contribution < 1.29 is 4.42 Å². The number of nitrogens with zero attached hydrogens (tertiary/aromatic N) is 1. The average molecular weight is 257 g/mol. The maximum Gasteiger partial charge on any atom is 0.226 e. The van der Waals surface area contributed by atoms with Gasteiger partial charge in [-0.25, -0.2) is 4.98 Å². The van der Waals surface area contributed by atoms with Gasteiger partial charge in [0.25, 0.3) is 0 Å². The van der Waals surface area contributed by atoms with Gasteiger partial charge in [-0.2, -0.15) is 0 Å². The summed E-state index contributed by atoms with van der Waals surface area (Å²) in [6.07, 6.45) is 4.29. The molecule has 100 valence electrons. The second-order valence-electron chi connectivity index (χ2n) is 5.14. The van der Waals surface area contributed by atoms with Crippen LogP contribution < -0.4 is 10.6 Å². The van der Waals surface area contributed by atoms with Crippen LogP contribution in [0.15, 0.2) is 22.8 Å². The molecule has 3 rings (SSSR count). The highest BCUT2D eigenvalue weighted by Crippen LogP contribution is 2.37. The lowest BCUT2D eigenvalue weighted by atomic mass is 10.1. The zero-order chi connectivity index (χ0) is 13.4. The normalized spacial score (nSPS) is 16.9. The van der Waals surface area contributed by atoms with Crippen LogP contribution in [-0.2, 0) is 0 Å². The molecule has 1 aromatic carbocycles. The van der Waals surface area contributed by atoms with E-state index in [2.05, 4.69) is 41.6 Å². The van der Waals surface area contributed by atoms with E-state index in [9.17, 15) is 0 Å². The second kappa shape index (κ2) is 4.61. The Balaban J connectivity index is 1.95. The smallest absolute Gasteiger partial charge is 0.226 e. The van der Waals surface area contributed by atoms with Crippen LogP contribution in [0.3, 0.4) is 0 Å². The molecule has 0 saturated carbocycles. The summed E-state index contributed by atoms with van der Waals surface area (Å²) in [7, 11) is 0. The maximum absolute atomic E-state index is 5.48. The van der Waals surface area contributed by atoms with Crippen LogP contribution in [0.5, 0.6) is 0 Å². The van der Waals surface area contributed by atoms with Crippen LogP contribution in [0.2, 0.25) is 0 Å². The zero-order valence-electron chi connectivity index (χ0n) is 11.6. The highest BCUT2D eigenvalue weighted by Gasteiger charge is 2.22. The molecule has 19 heavy (non-hydrogen) atoms. The standard InChI is InChI=1S/C15H19N3O/c1-4-5-13-17-12-7-11(6-9(2)14(12)18-13)15-16-10(3)8-19-15/h6-8,13,17-18H,4-5H2,1-3H3. The lowest BCUT2D eigenvalue weighted by Crippen LogP contribution is -2.21. The van der Waals surface area contributed by atoms with Crippen molar-refractivity contribution in [2.24, 2.45) is 0 Å². The van der Waals surface area contributed by atoms with Gasteiger partial charge in [-0.1, -0.05) is 13.3 Å². The van der Waals surface area contributed by atoms with E-state index in [0.717, 1.165) is 29.8 Å². The van der Waals surface area contributed by atoms with Crippen LogP contribution in [0.1, 0.15) is 31.0 Å². The van der Waals surface area contributed by atoms with Crippen LogP contribution in [-0.4, -0.2) is 11.1 Å². The molecule has 0 amide bonds. The molecule has 0 saturated heterocycles. The molecule has 1 atom stereocenters. The molecule has 1 aromatic heterocycles. The summed E-state index contributed by atoms with van der Waals surface area (Å²) in [6.45, 7) is 6.24. The minimum absolute atomic E-state index is 0.334. The van der Waals surface area contributed by atoms with E-state index < -0.39 is 0 Å². The Morgan fingerprint density at radius 3 is 2.79 bits per heavy atom. The van der Waals surface area contributed by atoms with Crippen molar-refractivity contribution in [3.05, 3.63) is 29.7 Å². The third-order valence-electron chi connectivity index (χ3n) is 3.43. The number of nitrogens with one attached hydrogen (secondary N) is 2. The summed E-state index contributed by atoms with van der Waals surface area (Å²) in [6, 6.07) is 4.23. The summed E-state index contributed by atoms with van der Waals surface area (Å²) in [5.74, 6) is 0.684. The first-order chi connectivity index (χ1) is 9.17. The van der Waals surface area contributed by atoms with Gasteiger partial charge in [-0.15, -0.1) is 0 Å². The molecular weight excluding hydrogens is 238 g/mol. The van der Waals surface area contributed by atoms with Gasteiger partial charge in [0.1, 0.15) is 6.26 Å². The van der Waals surface area contributed by atoms with E-state index in [1.54, 1.807) is 6.26 Å². The van der Waals surface area contributed by atoms with E-state index in [-0.39, 0.29) is 0 Å². The van der Waals surface area contributed by atoms with Gasteiger partial charge in [0.2, 0.25) is 5.89 Å². The molecule has 2 aromatic rings. The largest absolute Gasteiger partial charge is 0.444 e. The van der Waals surface area contributed by atoms with Gasteiger partial charge < -0.3 is 15.1 Å². The first-order valence-corrected chi connectivity index (χ1v) is 6.77. The molecular formula is C15H19N3O. The first kappa shape index (κ1) is 12.1. The molecule has 0 bridgehead atoms. The summed E-state index contributed by atoms with van der Waals surface area (Å²) < 4.78 is 5.48. The number of aromatic nitrogens is 1. The molecule has 0 radical (unpaired) electrons. The van der Waals surface area contributed by atoms with E-state index in [1.165, 1.54) is 11.3 Å². The fourth-order valence-corrected chi connectivity index (χ4v) is 2.53. The summed E-state index contributed by atoms with van der Waals surface area (Å²) in [4.78, 5) is 4.39. The fourth-order valence-electron chi connectivity index (χ4n) is 2.53. The van der Waals surface area contributed by atoms with Crippen LogP contribution in [0.4, 0.5) is 11.4 Å². The Kier molecular flexibility index (Phi) is 2.93. The third kappa shape index (κ3) is 2.18. The minimum Gasteiger partial charge on any atom is -0.444 e. The molecule has 1 unspecified atom stereocenters. The molecule has 2 heterocycles. The lowest BCUT2D eigenvalue weighted by Gasteiger charge is -2.10. The fraction of sp³-hybridized carbons (Fsp3) is 0.400. The average Bonchev–Trinajstić information content (AvgIpc) is 2.96. The third-order valence-corrected chi connectivity index (χ3v) is 3.43. The Hall–Kier alpha value is -1.97. The second-order valence-corrected chi connectivity index (χ2v) is 5.14. The van der Waals surface area contributed by atoms with Crippen molar-refractivity contribution >= 4 is 11.4 Å². The molecule has 4 nitrogen and oxygen atoms in total. The molecule has 4 heteroatoms. The van der Waals surface area contributed by atoms with Crippen molar-refractivity contribution in [2.45, 2.75) is 39.8 Å². The Labute approximate surface area is 113 Å². The molecule has 1 aliphatic heterocycles. The van der Waals surface area contributed by atoms with Crippen LogP contribution in [0, 0.1) is 13.8 Å². The Bertz CT molecular complexity index is 603. The van der Waals surface area contributed by atoms with Crippen molar-refractivity contribution in [3.63, 3.8) is 0 Å². The van der Waals surface area contributed by atoms with Gasteiger partial charge in [0.05, 0.1) is 23.2 Å². The number of fused-ring (bicyclic) bond motifs is 1. The monoisotopic (exact) mass is 257 g/mol. The minimum atomic E-state index is 0.334. The molecule has 0 fully saturated rings. The van der Waals surface area contributed by atoms with Crippen molar-refractivity contribution in [1.29, 1.82) is 0 Å². The van der Waals surface area contributed by atoms with Crippen LogP contribution in [0.25, 0.3) is 11.5 Å². The lowest BCUT2D eigenvalue weighted by molar-refractivity contribution is 0.573. The van der Waals surface area contributed by atoms with Gasteiger partial charge >= 0.3 is 0 Å². The van der Waals surface area contributed by atoms with Crippen molar-refractivity contribution in [2.75, 3.05) is 10.6 Å². The number of anilines is 2. The van der Waals surface area contributed by atoms with Crippen molar-refractivity contribution in [3.8, 4) is 11.5 Å². The van der Waals surface area contributed by atoms with Crippen LogP contribution >= 0.6 is 0 Å². The van der Waals surface area contributed by atoms with Gasteiger partial charge in [-0.3, -0.25) is 0 Å².